The molecule has 10 nitrogen and oxygen atoms in total. The first-order valence-corrected chi connectivity index (χ1v) is 23.2. The van der Waals surface area contributed by atoms with Crippen LogP contribution >= 0.6 is 0 Å². The molecule has 4 rings (SSSR count). The second-order valence-corrected chi connectivity index (χ2v) is 16.8. The molecule has 0 spiro atoms. The summed E-state index contributed by atoms with van der Waals surface area (Å²) in [6.07, 6.45) is 13.0. The average molecular weight is 844 g/mol. The number of rotatable bonds is 31. The van der Waals surface area contributed by atoms with Crippen molar-refractivity contribution < 1.29 is 43.9 Å². The molecule has 0 saturated carbocycles. The number of ether oxygens (including phenoxy) is 3. The summed E-state index contributed by atoms with van der Waals surface area (Å²) < 4.78 is 17.0. The molecule has 6 atom stereocenters. The van der Waals surface area contributed by atoms with Crippen LogP contribution in [0.25, 0.3) is 0 Å². The number of unbranched alkanes of at least 4 members (excludes halogenated alkanes) is 13. The Morgan fingerprint density at radius 3 is 1.48 bits per heavy atom. The van der Waals surface area contributed by atoms with Crippen LogP contribution in [0.5, 0.6) is 0 Å². The SMILES string of the molecule is O=C(C[C@@H](CCCCCCc1ccccc1)OC(=O)CCCCCCCCc1ccccc1)N[C@@H]1[C@@H](OC(=O)CCCCCCCCc2ccccc2)[C@H](O)[C@@H](CO)O[C@H]1O. The minimum Gasteiger partial charge on any atom is -0.462 e. The quantitative estimate of drug-likeness (QED) is 0.0368. The standard InChI is InChI=1S/C51H73NO9/c53-39-44-49(57)50(61-47(56)37-25-8-4-2-6-15-27-41-31-19-12-20-32-41)48(51(58)60-44)52-45(54)38-43(35-23-10-9-16-28-42-33-21-13-22-34-42)59-46(55)36-24-7-3-1-5-14-26-40-29-17-11-18-30-40/h11-13,17-22,29-34,43-44,48-51,53,57-58H,1-10,14-16,23-28,35-39H2,(H,52,54)/t43-,44-,48-,49-,50-,51-/m1/s1. The van der Waals surface area contributed by atoms with Gasteiger partial charge in [0.05, 0.1) is 13.0 Å². The van der Waals surface area contributed by atoms with Crippen LogP contribution in [-0.2, 0) is 47.9 Å². The maximum absolute atomic E-state index is 13.6. The molecular formula is C51H73NO9. The predicted molar refractivity (Wildman–Crippen MR) is 238 cm³/mol. The van der Waals surface area contributed by atoms with Gasteiger partial charge in [0.25, 0.3) is 0 Å². The molecule has 336 valence electrons. The van der Waals surface area contributed by atoms with Crippen molar-refractivity contribution in [3.05, 3.63) is 108 Å². The van der Waals surface area contributed by atoms with Gasteiger partial charge in [0, 0.05) is 12.8 Å². The van der Waals surface area contributed by atoms with Gasteiger partial charge in [-0.1, -0.05) is 155 Å². The Hall–Kier alpha value is -4.09. The summed E-state index contributed by atoms with van der Waals surface area (Å²) in [6, 6.07) is 30.0. The van der Waals surface area contributed by atoms with Crippen LogP contribution in [-0.4, -0.2) is 76.5 Å². The summed E-state index contributed by atoms with van der Waals surface area (Å²) in [4.78, 5) is 39.6. The van der Waals surface area contributed by atoms with E-state index in [1.165, 1.54) is 16.7 Å². The largest absolute Gasteiger partial charge is 0.462 e. The van der Waals surface area contributed by atoms with Crippen molar-refractivity contribution in [3.63, 3.8) is 0 Å². The van der Waals surface area contributed by atoms with Crippen LogP contribution in [0.4, 0.5) is 0 Å². The topological polar surface area (TPSA) is 152 Å². The number of hydrogen-bond acceptors (Lipinski definition) is 9. The lowest BCUT2D eigenvalue weighted by Gasteiger charge is -2.42. The molecule has 0 unspecified atom stereocenters. The maximum atomic E-state index is 13.6. The van der Waals surface area contributed by atoms with Crippen molar-refractivity contribution in [2.45, 2.75) is 184 Å². The zero-order chi connectivity index (χ0) is 43.3. The third-order valence-electron chi connectivity index (χ3n) is 11.6. The molecule has 1 fully saturated rings. The number of carbonyl (C=O) groups excluding carboxylic acids is 3. The first-order valence-electron chi connectivity index (χ1n) is 23.2. The highest BCUT2D eigenvalue weighted by molar-refractivity contribution is 5.78. The predicted octanol–water partition coefficient (Wildman–Crippen LogP) is 8.90. The fraction of sp³-hybridized carbons (Fsp3) is 0.588. The highest BCUT2D eigenvalue weighted by Crippen LogP contribution is 2.25. The fourth-order valence-corrected chi connectivity index (χ4v) is 8.09. The Balaban J connectivity index is 1.21. The van der Waals surface area contributed by atoms with Crippen molar-refractivity contribution in [2.75, 3.05) is 6.61 Å². The van der Waals surface area contributed by atoms with E-state index in [-0.39, 0.29) is 25.2 Å². The molecule has 1 aliphatic heterocycles. The van der Waals surface area contributed by atoms with Crippen LogP contribution in [0.3, 0.4) is 0 Å². The van der Waals surface area contributed by atoms with E-state index in [4.69, 9.17) is 14.2 Å². The van der Waals surface area contributed by atoms with Gasteiger partial charge in [0.15, 0.2) is 12.4 Å². The first-order chi connectivity index (χ1) is 29.8. The molecule has 1 saturated heterocycles. The number of benzene rings is 3. The molecule has 10 heteroatoms. The lowest BCUT2D eigenvalue weighted by atomic mass is 9.96. The molecule has 0 aliphatic carbocycles. The summed E-state index contributed by atoms with van der Waals surface area (Å²) in [6.45, 7) is -0.616. The van der Waals surface area contributed by atoms with E-state index < -0.39 is 55.2 Å². The van der Waals surface area contributed by atoms with E-state index in [1.807, 2.05) is 30.3 Å². The van der Waals surface area contributed by atoms with Gasteiger partial charge in [0.2, 0.25) is 5.91 Å². The van der Waals surface area contributed by atoms with Gasteiger partial charge in [-0.05, 0) is 80.9 Å². The number of aryl methyl sites for hydroxylation is 3. The highest BCUT2D eigenvalue weighted by atomic mass is 16.6. The smallest absolute Gasteiger partial charge is 0.306 e. The van der Waals surface area contributed by atoms with Crippen molar-refractivity contribution >= 4 is 17.8 Å². The van der Waals surface area contributed by atoms with Crippen LogP contribution in [0.15, 0.2) is 91.0 Å². The van der Waals surface area contributed by atoms with E-state index in [9.17, 15) is 29.7 Å². The molecule has 1 aliphatic rings. The number of hydrogen-bond donors (Lipinski definition) is 4. The summed E-state index contributed by atoms with van der Waals surface area (Å²) in [7, 11) is 0. The van der Waals surface area contributed by atoms with E-state index in [0.29, 0.717) is 19.3 Å². The van der Waals surface area contributed by atoms with Crippen molar-refractivity contribution in [1.82, 2.24) is 5.32 Å². The van der Waals surface area contributed by atoms with E-state index in [1.54, 1.807) is 0 Å². The van der Waals surface area contributed by atoms with Gasteiger partial charge in [0.1, 0.15) is 24.4 Å². The highest BCUT2D eigenvalue weighted by Gasteiger charge is 2.47. The molecule has 0 bridgehead atoms. The molecule has 1 heterocycles. The molecule has 61 heavy (non-hydrogen) atoms. The Kier molecular flexibility index (Phi) is 24.4. The summed E-state index contributed by atoms with van der Waals surface area (Å²) in [5.41, 5.74) is 4.00. The van der Waals surface area contributed by atoms with Crippen LogP contribution in [0.1, 0.15) is 145 Å². The van der Waals surface area contributed by atoms with Gasteiger partial charge < -0.3 is 34.8 Å². The second kappa shape index (κ2) is 30.0. The normalized spacial score (nSPS) is 19.2. The Bertz CT molecular complexity index is 1610. The average Bonchev–Trinajstić information content (AvgIpc) is 3.27. The van der Waals surface area contributed by atoms with Crippen molar-refractivity contribution in [3.8, 4) is 0 Å². The molecule has 0 radical (unpaired) electrons. The van der Waals surface area contributed by atoms with Gasteiger partial charge in [-0.25, -0.2) is 0 Å². The number of aliphatic hydroxyl groups is 3. The number of aliphatic hydroxyl groups excluding tert-OH is 3. The molecular weight excluding hydrogens is 771 g/mol. The molecule has 3 aromatic carbocycles. The summed E-state index contributed by atoms with van der Waals surface area (Å²) in [5.74, 6) is -1.44. The van der Waals surface area contributed by atoms with E-state index in [0.717, 1.165) is 109 Å². The van der Waals surface area contributed by atoms with E-state index >= 15 is 0 Å². The Labute approximate surface area is 364 Å². The summed E-state index contributed by atoms with van der Waals surface area (Å²) in [5, 5.41) is 34.4. The third kappa shape index (κ3) is 20.6. The van der Waals surface area contributed by atoms with E-state index in [2.05, 4.69) is 66.0 Å². The van der Waals surface area contributed by atoms with Crippen molar-refractivity contribution in [2.24, 2.45) is 0 Å². The zero-order valence-corrected chi connectivity index (χ0v) is 36.4. The fourth-order valence-electron chi connectivity index (χ4n) is 8.09. The Morgan fingerprint density at radius 2 is 1.00 bits per heavy atom. The monoisotopic (exact) mass is 844 g/mol. The maximum Gasteiger partial charge on any atom is 0.306 e. The zero-order valence-electron chi connectivity index (χ0n) is 36.4. The van der Waals surface area contributed by atoms with Gasteiger partial charge in [-0.2, -0.15) is 0 Å². The first kappa shape index (κ1) is 49.6. The minimum atomic E-state index is -1.65. The van der Waals surface area contributed by atoms with Gasteiger partial charge in [-0.3, -0.25) is 14.4 Å². The van der Waals surface area contributed by atoms with Crippen LogP contribution < -0.4 is 5.32 Å². The number of nitrogens with one attached hydrogen (secondary N) is 1. The van der Waals surface area contributed by atoms with Gasteiger partial charge in [-0.15, -0.1) is 0 Å². The molecule has 4 N–H and O–H groups in total. The molecule has 1 amide bonds. The van der Waals surface area contributed by atoms with Gasteiger partial charge >= 0.3 is 11.9 Å². The lowest BCUT2D eigenvalue weighted by molar-refractivity contribution is -0.259. The van der Waals surface area contributed by atoms with Crippen LogP contribution in [0, 0.1) is 0 Å². The number of amides is 1. The number of esters is 2. The minimum absolute atomic E-state index is 0.117. The second-order valence-electron chi connectivity index (χ2n) is 16.8. The molecule has 0 aromatic heterocycles. The van der Waals surface area contributed by atoms with Crippen LogP contribution in [0.2, 0.25) is 0 Å². The third-order valence-corrected chi connectivity index (χ3v) is 11.6. The lowest BCUT2D eigenvalue weighted by Crippen LogP contribution is -2.65. The summed E-state index contributed by atoms with van der Waals surface area (Å²) >= 11 is 0. The number of carbonyl (C=O) groups is 3. The molecule has 3 aromatic rings. The Morgan fingerprint density at radius 1 is 0.574 bits per heavy atom. The van der Waals surface area contributed by atoms with Crippen molar-refractivity contribution in [1.29, 1.82) is 0 Å².